The molecule has 0 radical (unpaired) electrons. The van der Waals surface area contributed by atoms with E-state index in [1.54, 1.807) is 13.8 Å². The van der Waals surface area contributed by atoms with Crippen LogP contribution in [0, 0.1) is 17.8 Å². The van der Waals surface area contributed by atoms with Gasteiger partial charge in [0.15, 0.2) is 5.78 Å². The van der Waals surface area contributed by atoms with E-state index in [-0.39, 0.29) is 29.8 Å². The van der Waals surface area contributed by atoms with Crippen LogP contribution in [0.4, 0.5) is 0 Å². The molecule has 0 aromatic carbocycles. The summed E-state index contributed by atoms with van der Waals surface area (Å²) >= 11 is 0. The Kier molecular flexibility index (Phi) is 8.00. The molecule has 0 aromatic rings. The van der Waals surface area contributed by atoms with E-state index in [2.05, 4.69) is 19.6 Å². The van der Waals surface area contributed by atoms with Gasteiger partial charge in [-0.25, -0.2) is 4.79 Å². The lowest BCUT2D eigenvalue weighted by molar-refractivity contribution is -0.209. The lowest BCUT2D eigenvalue weighted by atomic mass is 9.71. The summed E-state index contributed by atoms with van der Waals surface area (Å²) < 4.78 is 11.1. The molecular weight excluding hydrogens is 368 g/mol. The zero-order valence-electron chi connectivity index (χ0n) is 18.2. The van der Waals surface area contributed by atoms with Gasteiger partial charge in [0.05, 0.1) is 18.4 Å². The van der Waals surface area contributed by atoms with Crippen molar-refractivity contribution in [1.82, 2.24) is 0 Å². The van der Waals surface area contributed by atoms with Gasteiger partial charge in [0.1, 0.15) is 11.5 Å². The van der Waals surface area contributed by atoms with Crippen molar-refractivity contribution in [3.05, 3.63) is 36.1 Å². The third kappa shape index (κ3) is 6.41. The number of carbonyl (C=O) groups is 3. The number of carbonyl (C=O) groups excluding carboxylic acids is 3. The third-order valence-corrected chi connectivity index (χ3v) is 5.59. The van der Waals surface area contributed by atoms with Crippen LogP contribution in [0.15, 0.2) is 36.1 Å². The minimum Gasteiger partial charge on any atom is -0.456 e. The predicted octanol–water partition coefficient (Wildman–Crippen LogP) is 5.06. The molecule has 0 spiro atoms. The van der Waals surface area contributed by atoms with Crippen LogP contribution in [0.2, 0.25) is 0 Å². The average molecular weight is 403 g/mol. The van der Waals surface area contributed by atoms with Crippen LogP contribution < -0.4 is 0 Å². The molecule has 1 heterocycles. The summed E-state index contributed by atoms with van der Waals surface area (Å²) in [6, 6.07) is 0. The Morgan fingerprint density at radius 1 is 1.31 bits per heavy atom. The highest BCUT2D eigenvalue weighted by Gasteiger charge is 2.42. The maximum Gasteiger partial charge on any atom is 0.337 e. The number of hydrogen-bond acceptors (Lipinski definition) is 5. The third-order valence-electron chi connectivity index (χ3n) is 5.59. The molecular formula is C24H34O5. The molecule has 2 aliphatic rings. The Bertz CT molecular complexity index is 713. The van der Waals surface area contributed by atoms with Crippen LogP contribution in [-0.2, 0) is 23.9 Å². The van der Waals surface area contributed by atoms with Crippen molar-refractivity contribution in [2.45, 2.75) is 78.4 Å². The molecule has 160 valence electrons. The summed E-state index contributed by atoms with van der Waals surface area (Å²) in [5.41, 5.74) is 1.19. The van der Waals surface area contributed by atoms with Gasteiger partial charge in [-0.1, -0.05) is 37.5 Å². The van der Waals surface area contributed by atoms with E-state index in [0.29, 0.717) is 12.2 Å². The second-order valence-corrected chi connectivity index (χ2v) is 8.61. The van der Waals surface area contributed by atoms with Gasteiger partial charge in [0.25, 0.3) is 0 Å². The van der Waals surface area contributed by atoms with Crippen molar-refractivity contribution in [3.8, 4) is 0 Å². The van der Waals surface area contributed by atoms with Gasteiger partial charge >= 0.3 is 5.97 Å². The van der Waals surface area contributed by atoms with Gasteiger partial charge in [-0.15, -0.1) is 6.58 Å². The highest BCUT2D eigenvalue weighted by atomic mass is 16.7. The first-order valence-corrected chi connectivity index (χ1v) is 10.6. The number of hydrogen-bond donors (Lipinski definition) is 0. The topological polar surface area (TPSA) is 69.7 Å². The van der Waals surface area contributed by atoms with Crippen molar-refractivity contribution >= 4 is 17.5 Å². The van der Waals surface area contributed by atoms with Gasteiger partial charge < -0.3 is 9.47 Å². The molecule has 1 aliphatic carbocycles. The first kappa shape index (κ1) is 23.1. The maximum absolute atomic E-state index is 13.3. The molecule has 1 aliphatic heterocycles. The van der Waals surface area contributed by atoms with Gasteiger partial charge in [-0.05, 0) is 32.1 Å². The molecule has 29 heavy (non-hydrogen) atoms. The van der Waals surface area contributed by atoms with Crippen molar-refractivity contribution in [3.63, 3.8) is 0 Å². The molecule has 0 amide bonds. The fourth-order valence-corrected chi connectivity index (χ4v) is 4.14. The van der Waals surface area contributed by atoms with E-state index in [4.69, 9.17) is 9.47 Å². The van der Waals surface area contributed by atoms with E-state index in [1.165, 1.54) is 11.6 Å². The molecule has 0 N–H and O–H groups in total. The smallest absolute Gasteiger partial charge is 0.337 e. The second kappa shape index (κ2) is 10.0. The summed E-state index contributed by atoms with van der Waals surface area (Å²) in [5, 5.41) is 0. The van der Waals surface area contributed by atoms with Gasteiger partial charge in [-0.3, -0.25) is 9.59 Å². The molecule has 0 saturated carbocycles. The van der Waals surface area contributed by atoms with Crippen LogP contribution in [0.25, 0.3) is 0 Å². The summed E-state index contributed by atoms with van der Waals surface area (Å²) in [4.78, 5) is 37.8. The van der Waals surface area contributed by atoms with Crippen LogP contribution in [-0.4, -0.2) is 23.3 Å². The Balaban J connectivity index is 2.34. The number of Topliss-reactive ketones (excluding diaryl/α,β-unsaturated/α-hetero) is 2. The van der Waals surface area contributed by atoms with E-state index in [1.807, 2.05) is 13.0 Å². The minimum atomic E-state index is -1.15. The largest absolute Gasteiger partial charge is 0.456 e. The molecule has 0 fully saturated rings. The molecule has 0 bridgehead atoms. The first-order chi connectivity index (χ1) is 13.7. The summed E-state index contributed by atoms with van der Waals surface area (Å²) in [7, 11) is 0. The predicted molar refractivity (Wildman–Crippen MR) is 112 cm³/mol. The van der Waals surface area contributed by atoms with Crippen molar-refractivity contribution in [2.75, 3.05) is 0 Å². The number of cyclic esters (lactones) is 1. The molecule has 2 rings (SSSR count). The van der Waals surface area contributed by atoms with Gasteiger partial charge in [-0.2, -0.15) is 0 Å². The number of allylic oxidation sites excluding steroid dienone is 4. The molecule has 5 nitrogen and oxygen atoms in total. The Morgan fingerprint density at radius 2 is 2.03 bits per heavy atom. The fourth-order valence-electron chi connectivity index (χ4n) is 4.14. The van der Waals surface area contributed by atoms with E-state index < -0.39 is 17.7 Å². The fraction of sp³-hybridized carbons (Fsp3) is 0.625. The van der Waals surface area contributed by atoms with Crippen LogP contribution in [0.5, 0.6) is 0 Å². The van der Waals surface area contributed by atoms with Gasteiger partial charge in [0.2, 0.25) is 5.79 Å². The lowest BCUT2D eigenvalue weighted by Crippen LogP contribution is -2.41. The maximum atomic E-state index is 13.3. The first-order valence-electron chi connectivity index (χ1n) is 10.6. The number of rotatable bonds is 10. The van der Waals surface area contributed by atoms with Crippen LogP contribution >= 0.6 is 0 Å². The van der Waals surface area contributed by atoms with E-state index >= 15 is 0 Å². The molecule has 0 aromatic heterocycles. The zero-order valence-corrected chi connectivity index (χ0v) is 18.2. The molecule has 1 unspecified atom stereocenters. The standard InChI is InChI=1S/C24H34O5/c1-6-8-9-10-18(25)14-20(26)23(19-13-16(3)11-12-17(19)7-2)21-15-22(27)29-24(4,5)28-21/h7,13,15,17,19,23H,2,6,8-12,14H2,1,3-5H3/t17-,19-,23?/m1/s1. The Hall–Kier alpha value is -2.17. The number of ether oxygens (including phenoxy) is 2. The highest BCUT2D eigenvalue weighted by Crippen LogP contribution is 2.41. The average Bonchev–Trinajstić information content (AvgIpc) is 2.60. The highest BCUT2D eigenvalue weighted by molar-refractivity contribution is 6.01. The second-order valence-electron chi connectivity index (χ2n) is 8.61. The van der Waals surface area contributed by atoms with Gasteiger partial charge in [0, 0.05) is 26.2 Å². The summed E-state index contributed by atoms with van der Waals surface area (Å²) in [6.45, 7) is 11.3. The quantitative estimate of drug-likeness (QED) is 0.221. The summed E-state index contributed by atoms with van der Waals surface area (Å²) in [5.74, 6) is -2.46. The lowest BCUT2D eigenvalue weighted by Gasteiger charge is -2.38. The van der Waals surface area contributed by atoms with Crippen molar-refractivity contribution in [1.29, 1.82) is 0 Å². The zero-order chi connectivity index (χ0) is 21.6. The van der Waals surface area contributed by atoms with Crippen molar-refractivity contribution < 1.29 is 23.9 Å². The molecule has 5 heteroatoms. The monoisotopic (exact) mass is 402 g/mol. The summed E-state index contributed by atoms with van der Waals surface area (Å²) in [6.07, 6.45) is 10.1. The molecule has 0 saturated heterocycles. The van der Waals surface area contributed by atoms with E-state index in [9.17, 15) is 14.4 Å². The van der Waals surface area contributed by atoms with E-state index in [0.717, 1.165) is 32.1 Å². The number of unbranched alkanes of at least 4 members (excludes halogenated alkanes) is 2. The number of esters is 1. The van der Waals surface area contributed by atoms with Crippen LogP contribution in [0.3, 0.4) is 0 Å². The minimum absolute atomic E-state index is 0.0571. The molecule has 3 atom stereocenters. The Morgan fingerprint density at radius 3 is 2.66 bits per heavy atom. The normalized spacial score (nSPS) is 24.5. The number of ketones is 2. The van der Waals surface area contributed by atoms with Crippen molar-refractivity contribution in [2.24, 2.45) is 17.8 Å². The SMILES string of the molecule is C=C[C@@H]1CCC(C)=C[C@H]1C(C(=O)CC(=O)CCCCC)C1=CC(=O)OC(C)(C)O1. The van der Waals surface area contributed by atoms with Crippen LogP contribution in [0.1, 0.15) is 72.6 Å². The Labute approximate surface area is 174 Å².